The Hall–Kier alpha value is -1.67. The highest BCUT2D eigenvalue weighted by Gasteiger charge is 2.13. The van der Waals surface area contributed by atoms with Crippen molar-refractivity contribution in [3.63, 3.8) is 0 Å². The van der Waals surface area contributed by atoms with Gasteiger partial charge >= 0.3 is 0 Å². The number of hydrogen-bond donors (Lipinski definition) is 0. The SMILES string of the molecule is CC(C)(C)c1ccc(-c2cnc3ccc(Br)cc3c2)cc1. The van der Waals surface area contributed by atoms with Crippen molar-refractivity contribution in [1.82, 2.24) is 4.98 Å². The number of hydrogen-bond acceptors (Lipinski definition) is 1. The van der Waals surface area contributed by atoms with Crippen molar-refractivity contribution in [2.75, 3.05) is 0 Å². The number of rotatable bonds is 1. The molecule has 0 fully saturated rings. The molecule has 0 saturated carbocycles. The molecule has 0 unspecified atom stereocenters. The molecule has 0 aliphatic heterocycles. The van der Waals surface area contributed by atoms with Crippen molar-refractivity contribution in [2.45, 2.75) is 26.2 Å². The van der Waals surface area contributed by atoms with Crippen LogP contribution in [0.1, 0.15) is 26.3 Å². The Morgan fingerprint density at radius 1 is 0.857 bits per heavy atom. The van der Waals surface area contributed by atoms with E-state index in [2.05, 4.69) is 78.1 Å². The van der Waals surface area contributed by atoms with E-state index < -0.39 is 0 Å². The lowest BCUT2D eigenvalue weighted by molar-refractivity contribution is 0.590. The lowest BCUT2D eigenvalue weighted by Crippen LogP contribution is -2.10. The lowest BCUT2D eigenvalue weighted by atomic mass is 9.86. The summed E-state index contributed by atoms with van der Waals surface area (Å²) in [5, 5.41) is 1.15. The molecule has 0 N–H and O–H groups in total. The van der Waals surface area contributed by atoms with E-state index in [4.69, 9.17) is 0 Å². The largest absolute Gasteiger partial charge is 0.256 e. The summed E-state index contributed by atoms with van der Waals surface area (Å²) in [6.45, 7) is 6.70. The Balaban J connectivity index is 2.04. The van der Waals surface area contributed by atoms with Crippen molar-refractivity contribution in [2.24, 2.45) is 0 Å². The number of halogens is 1. The molecular weight excluding hydrogens is 322 g/mol. The fourth-order valence-corrected chi connectivity index (χ4v) is 2.80. The molecule has 0 amide bonds. The Kier molecular flexibility index (Phi) is 3.58. The van der Waals surface area contributed by atoms with Gasteiger partial charge in [0.25, 0.3) is 0 Å². The van der Waals surface area contributed by atoms with Gasteiger partial charge in [-0.3, -0.25) is 4.98 Å². The van der Waals surface area contributed by atoms with Gasteiger partial charge in [-0.05, 0) is 40.8 Å². The van der Waals surface area contributed by atoms with Gasteiger partial charge in [0, 0.05) is 21.6 Å². The first-order chi connectivity index (χ1) is 9.93. The Morgan fingerprint density at radius 2 is 1.57 bits per heavy atom. The van der Waals surface area contributed by atoms with Crippen LogP contribution in [0.25, 0.3) is 22.0 Å². The van der Waals surface area contributed by atoms with Gasteiger partial charge in [-0.1, -0.05) is 61.0 Å². The summed E-state index contributed by atoms with van der Waals surface area (Å²) >= 11 is 3.52. The van der Waals surface area contributed by atoms with E-state index in [-0.39, 0.29) is 5.41 Å². The van der Waals surface area contributed by atoms with Gasteiger partial charge in [0.15, 0.2) is 0 Å². The molecule has 0 saturated heterocycles. The second kappa shape index (κ2) is 5.27. The highest BCUT2D eigenvalue weighted by atomic mass is 79.9. The molecule has 0 spiro atoms. The normalized spacial score (nSPS) is 11.8. The topological polar surface area (TPSA) is 12.9 Å². The summed E-state index contributed by atoms with van der Waals surface area (Å²) in [6.07, 6.45) is 1.95. The van der Waals surface area contributed by atoms with Crippen LogP contribution in [-0.4, -0.2) is 4.98 Å². The summed E-state index contributed by atoms with van der Waals surface area (Å²) in [4.78, 5) is 4.55. The van der Waals surface area contributed by atoms with Crippen LogP contribution in [0.3, 0.4) is 0 Å². The maximum atomic E-state index is 4.55. The highest BCUT2D eigenvalue weighted by molar-refractivity contribution is 9.10. The van der Waals surface area contributed by atoms with E-state index in [9.17, 15) is 0 Å². The summed E-state index contributed by atoms with van der Waals surface area (Å²) in [5.41, 5.74) is 4.92. The number of nitrogens with zero attached hydrogens (tertiary/aromatic N) is 1. The minimum Gasteiger partial charge on any atom is -0.256 e. The second-order valence-electron chi connectivity index (χ2n) is 6.39. The third-order valence-corrected chi connectivity index (χ3v) is 4.22. The molecule has 21 heavy (non-hydrogen) atoms. The predicted molar refractivity (Wildman–Crippen MR) is 93.6 cm³/mol. The Labute approximate surface area is 134 Å². The number of pyridine rings is 1. The third-order valence-electron chi connectivity index (χ3n) is 3.73. The fourth-order valence-electron chi connectivity index (χ4n) is 2.42. The van der Waals surface area contributed by atoms with E-state index in [1.807, 2.05) is 18.3 Å². The van der Waals surface area contributed by atoms with Crippen LogP contribution in [0.15, 0.2) is 59.2 Å². The second-order valence-corrected chi connectivity index (χ2v) is 7.30. The van der Waals surface area contributed by atoms with Crippen LogP contribution in [-0.2, 0) is 5.41 Å². The highest BCUT2D eigenvalue weighted by Crippen LogP contribution is 2.28. The molecule has 2 heteroatoms. The molecule has 106 valence electrons. The lowest BCUT2D eigenvalue weighted by Gasteiger charge is -2.19. The van der Waals surface area contributed by atoms with Gasteiger partial charge in [-0.15, -0.1) is 0 Å². The van der Waals surface area contributed by atoms with E-state index in [1.54, 1.807) is 0 Å². The maximum Gasteiger partial charge on any atom is 0.0703 e. The maximum absolute atomic E-state index is 4.55. The quantitative estimate of drug-likeness (QED) is 0.532. The van der Waals surface area contributed by atoms with Crippen molar-refractivity contribution < 1.29 is 0 Å². The molecule has 0 radical (unpaired) electrons. The van der Waals surface area contributed by atoms with Crippen molar-refractivity contribution >= 4 is 26.8 Å². The van der Waals surface area contributed by atoms with Crippen LogP contribution >= 0.6 is 15.9 Å². The monoisotopic (exact) mass is 339 g/mol. The predicted octanol–water partition coefficient (Wildman–Crippen LogP) is 5.96. The standard InChI is InChI=1S/C19H18BrN/c1-19(2,3)16-6-4-13(5-7-16)15-10-14-11-17(20)8-9-18(14)21-12-15/h4-12H,1-3H3. The average Bonchev–Trinajstić information content (AvgIpc) is 2.45. The first-order valence-electron chi connectivity index (χ1n) is 7.10. The summed E-state index contributed by atoms with van der Waals surface area (Å²) in [7, 11) is 0. The molecule has 0 aliphatic carbocycles. The van der Waals surface area contributed by atoms with E-state index in [1.165, 1.54) is 11.1 Å². The molecule has 1 heterocycles. The van der Waals surface area contributed by atoms with Gasteiger partial charge in [0.05, 0.1) is 5.52 Å². The molecule has 0 aliphatic rings. The van der Waals surface area contributed by atoms with Gasteiger partial charge < -0.3 is 0 Å². The molecule has 1 nitrogen and oxygen atoms in total. The summed E-state index contributed by atoms with van der Waals surface area (Å²) < 4.78 is 1.08. The minimum absolute atomic E-state index is 0.186. The van der Waals surface area contributed by atoms with Crippen LogP contribution in [0.5, 0.6) is 0 Å². The molecule has 0 atom stereocenters. The van der Waals surface area contributed by atoms with Crippen LogP contribution in [0, 0.1) is 0 Å². The minimum atomic E-state index is 0.186. The summed E-state index contributed by atoms with van der Waals surface area (Å²) in [5.74, 6) is 0. The summed E-state index contributed by atoms with van der Waals surface area (Å²) in [6, 6.07) is 17.1. The fraction of sp³-hybridized carbons (Fsp3) is 0.211. The van der Waals surface area contributed by atoms with Crippen molar-refractivity contribution in [3.8, 4) is 11.1 Å². The molecule has 3 aromatic rings. The Morgan fingerprint density at radius 3 is 2.24 bits per heavy atom. The average molecular weight is 340 g/mol. The first kappa shape index (κ1) is 14.3. The van der Waals surface area contributed by atoms with Crippen molar-refractivity contribution in [1.29, 1.82) is 0 Å². The third kappa shape index (κ3) is 3.01. The number of aromatic nitrogens is 1. The van der Waals surface area contributed by atoms with Crippen LogP contribution < -0.4 is 0 Å². The molecule has 2 aromatic carbocycles. The van der Waals surface area contributed by atoms with Crippen LogP contribution in [0.2, 0.25) is 0 Å². The van der Waals surface area contributed by atoms with E-state index in [0.717, 1.165) is 20.9 Å². The van der Waals surface area contributed by atoms with Crippen molar-refractivity contribution in [3.05, 3.63) is 64.8 Å². The number of benzene rings is 2. The van der Waals surface area contributed by atoms with Gasteiger partial charge in [-0.2, -0.15) is 0 Å². The Bertz CT molecular complexity index is 783. The first-order valence-corrected chi connectivity index (χ1v) is 7.89. The number of fused-ring (bicyclic) bond motifs is 1. The molecule has 0 bridgehead atoms. The van der Waals surface area contributed by atoms with E-state index >= 15 is 0 Å². The zero-order chi connectivity index (χ0) is 15.0. The molecule has 1 aromatic heterocycles. The van der Waals surface area contributed by atoms with Gasteiger partial charge in [0.2, 0.25) is 0 Å². The van der Waals surface area contributed by atoms with Gasteiger partial charge in [0.1, 0.15) is 0 Å². The zero-order valence-electron chi connectivity index (χ0n) is 12.5. The zero-order valence-corrected chi connectivity index (χ0v) is 14.1. The van der Waals surface area contributed by atoms with Crippen LogP contribution in [0.4, 0.5) is 0 Å². The molecule has 3 rings (SSSR count). The van der Waals surface area contributed by atoms with E-state index in [0.29, 0.717) is 0 Å². The smallest absolute Gasteiger partial charge is 0.0703 e. The van der Waals surface area contributed by atoms with Gasteiger partial charge in [-0.25, -0.2) is 0 Å². The molecular formula is C19H18BrN.